The van der Waals surface area contributed by atoms with Crippen LogP contribution in [0.4, 0.5) is 0 Å². The second kappa shape index (κ2) is 5.74. The van der Waals surface area contributed by atoms with E-state index in [9.17, 15) is 9.90 Å². The zero-order valence-electron chi connectivity index (χ0n) is 11.9. The Hall–Kier alpha value is -1.35. The first-order valence-corrected chi connectivity index (χ1v) is 7.13. The third kappa shape index (κ3) is 2.81. The first kappa shape index (κ1) is 14.1. The molecule has 104 valence electrons. The molecule has 0 amide bonds. The Morgan fingerprint density at radius 3 is 2.63 bits per heavy atom. The van der Waals surface area contributed by atoms with Crippen LogP contribution in [0.2, 0.25) is 0 Å². The molecule has 1 atom stereocenters. The Bertz CT molecular complexity index is 458. The number of carboxylic acid groups (broad SMARTS) is 1. The van der Waals surface area contributed by atoms with Gasteiger partial charge in [0.05, 0.1) is 0 Å². The Labute approximate surface area is 115 Å². The van der Waals surface area contributed by atoms with Crippen molar-refractivity contribution >= 4 is 5.97 Å². The highest BCUT2D eigenvalue weighted by molar-refractivity contribution is 5.78. The molecule has 0 aromatic heterocycles. The van der Waals surface area contributed by atoms with Crippen molar-refractivity contribution in [1.29, 1.82) is 0 Å². The van der Waals surface area contributed by atoms with Gasteiger partial charge in [-0.2, -0.15) is 0 Å². The first-order valence-electron chi connectivity index (χ1n) is 7.13. The summed E-state index contributed by atoms with van der Waals surface area (Å²) in [7, 11) is 0. The number of aryl methyl sites for hydroxylation is 1. The molecule has 0 aliphatic carbocycles. The van der Waals surface area contributed by atoms with Crippen molar-refractivity contribution in [2.45, 2.75) is 51.6 Å². The fourth-order valence-corrected chi connectivity index (χ4v) is 2.93. The molecule has 1 aromatic rings. The summed E-state index contributed by atoms with van der Waals surface area (Å²) >= 11 is 0. The number of piperidine rings is 1. The Balaban J connectivity index is 2.22. The van der Waals surface area contributed by atoms with Crippen LogP contribution in [0.3, 0.4) is 0 Å². The van der Waals surface area contributed by atoms with Crippen molar-refractivity contribution in [3.63, 3.8) is 0 Å². The van der Waals surface area contributed by atoms with E-state index >= 15 is 0 Å². The van der Waals surface area contributed by atoms with Gasteiger partial charge in [0.1, 0.15) is 5.54 Å². The molecule has 0 spiro atoms. The van der Waals surface area contributed by atoms with Gasteiger partial charge in [-0.1, -0.05) is 31.2 Å². The van der Waals surface area contributed by atoms with E-state index in [1.807, 2.05) is 13.0 Å². The lowest BCUT2D eigenvalue weighted by molar-refractivity contribution is -0.153. The van der Waals surface area contributed by atoms with Gasteiger partial charge in [0.2, 0.25) is 0 Å². The van der Waals surface area contributed by atoms with Gasteiger partial charge in [-0.05, 0) is 50.3 Å². The van der Waals surface area contributed by atoms with Gasteiger partial charge in [0.25, 0.3) is 0 Å². The summed E-state index contributed by atoms with van der Waals surface area (Å²) in [5.41, 5.74) is 1.87. The number of aliphatic carboxylic acids is 1. The highest BCUT2D eigenvalue weighted by atomic mass is 16.4. The van der Waals surface area contributed by atoms with Gasteiger partial charge in [0, 0.05) is 6.54 Å². The quantitative estimate of drug-likeness (QED) is 0.905. The van der Waals surface area contributed by atoms with Crippen LogP contribution < -0.4 is 0 Å². The molecule has 2 rings (SSSR count). The standard InChI is InChI=1S/C16H23NO2/c1-3-13-8-4-5-9-14(13)12-17-11-7-6-10-16(17,2)15(18)19/h4-5,8-9H,3,6-7,10-12H2,1-2H3,(H,18,19). The third-order valence-electron chi connectivity index (χ3n) is 4.36. The minimum absolute atomic E-state index is 0.693. The zero-order chi connectivity index (χ0) is 13.9. The summed E-state index contributed by atoms with van der Waals surface area (Å²) < 4.78 is 0. The van der Waals surface area contributed by atoms with Crippen molar-refractivity contribution < 1.29 is 9.90 Å². The lowest BCUT2D eigenvalue weighted by Crippen LogP contribution is -2.54. The van der Waals surface area contributed by atoms with Crippen LogP contribution in [0.1, 0.15) is 44.2 Å². The molecule has 1 aliphatic heterocycles. The van der Waals surface area contributed by atoms with Gasteiger partial charge in [-0.25, -0.2) is 0 Å². The van der Waals surface area contributed by atoms with Crippen molar-refractivity contribution in [3.05, 3.63) is 35.4 Å². The van der Waals surface area contributed by atoms with Crippen LogP contribution in [-0.2, 0) is 17.8 Å². The molecule has 0 bridgehead atoms. The van der Waals surface area contributed by atoms with Gasteiger partial charge in [0.15, 0.2) is 0 Å². The van der Waals surface area contributed by atoms with Gasteiger partial charge < -0.3 is 5.11 Å². The van der Waals surface area contributed by atoms with Crippen LogP contribution in [-0.4, -0.2) is 28.1 Å². The monoisotopic (exact) mass is 261 g/mol. The number of benzene rings is 1. The maximum atomic E-state index is 11.6. The van der Waals surface area contributed by atoms with E-state index < -0.39 is 11.5 Å². The summed E-state index contributed by atoms with van der Waals surface area (Å²) in [5, 5.41) is 9.53. The molecular formula is C16H23NO2. The fraction of sp³-hybridized carbons (Fsp3) is 0.562. The molecule has 1 aliphatic rings. The van der Waals surface area contributed by atoms with E-state index in [1.54, 1.807) is 0 Å². The number of rotatable bonds is 4. The predicted octanol–water partition coefficient (Wildman–Crippen LogP) is 3.08. The number of carbonyl (C=O) groups is 1. The minimum Gasteiger partial charge on any atom is -0.480 e. The van der Waals surface area contributed by atoms with Crippen molar-refractivity contribution in [2.24, 2.45) is 0 Å². The van der Waals surface area contributed by atoms with Gasteiger partial charge >= 0.3 is 5.97 Å². The lowest BCUT2D eigenvalue weighted by Gasteiger charge is -2.42. The predicted molar refractivity (Wildman–Crippen MR) is 76.1 cm³/mol. The Morgan fingerprint density at radius 2 is 2.00 bits per heavy atom. The van der Waals surface area contributed by atoms with E-state index in [1.165, 1.54) is 11.1 Å². The zero-order valence-corrected chi connectivity index (χ0v) is 11.9. The highest BCUT2D eigenvalue weighted by Gasteiger charge is 2.41. The molecule has 19 heavy (non-hydrogen) atoms. The van der Waals surface area contributed by atoms with Crippen molar-refractivity contribution in [1.82, 2.24) is 4.90 Å². The van der Waals surface area contributed by atoms with Gasteiger partial charge in [-0.15, -0.1) is 0 Å². The van der Waals surface area contributed by atoms with E-state index in [4.69, 9.17) is 0 Å². The average Bonchev–Trinajstić information content (AvgIpc) is 2.42. The number of carboxylic acids is 1. The summed E-state index contributed by atoms with van der Waals surface area (Å²) in [6.45, 7) is 5.63. The van der Waals surface area contributed by atoms with Gasteiger partial charge in [-0.3, -0.25) is 9.69 Å². The third-order valence-corrected chi connectivity index (χ3v) is 4.36. The van der Waals surface area contributed by atoms with Crippen LogP contribution in [0, 0.1) is 0 Å². The van der Waals surface area contributed by atoms with Crippen molar-refractivity contribution in [2.75, 3.05) is 6.54 Å². The average molecular weight is 261 g/mol. The fourth-order valence-electron chi connectivity index (χ4n) is 2.93. The summed E-state index contributed by atoms with van der Waals surface area (Å²) in [6, 6.07) is 8.35. The van der Waals surface area contributed by atoms with Crippen LogP contribution in [0.15, 0.2) is 24.3 Å². The smallest absolute Gasteiger partial charge is 0.323 e. The van der Waals surface area contributed by atoms with Crippen molar-refractivity contribution in [3.8, 4) is 0 Å². The number of likely N-dealkylation sites (tertiary alicyclic amines) is 1. The molecule has 1 N–H and O–H groups in total. The maximum Gasteiger partial charge on any atom is 0.323 e. The van der Waals surface area contributed by atoms with E-state index in [0.717, 1.165) is 38.8 Å². The van der Waals surface area contributed by atoms with E-state index in [-0.39, 0.29) is 0 Å². The molecule has 1 aromatic carbocycles. The largest absolute Gasteiger partial charge is 0.480 e. The molecule has 0 saturated carbocycles. The molecule has 1 saturated heterocycles. The second-order valence-corrected chi connectivity index (χ2v) is 5.58. The van der Waals surface area contributed by atoms with Crippen LogP contribution in [0.25, 0.3) is 0 Å². The summed E-state index contributed by atoms with van der Waals surface area (Å²) in [5.74, 6) is -0.693. The number of hydrogen-bond donors (Lipinski definition) is 1. The van der Waals surface area contributed by atoms with Crippen LogP contribution >= 0.6 is 0 Å². The lowest BCUT2D eigenvalue weighted by atomic mass is 9.87. The SMILES string of the molecule is CCc1ccccc1CN1CCCCC1(C)C(=O)O. The number of hydrogen-bond acceptors (Lipinski definition) is 2. The second-order valence-electron chi connectivity index (χ2n) is 5.58. The number of nitrogens with zero attached hydrogens (tertiary/aromatic N) is 1. The van der Waals surface area contributed by atoms with E-state index in [0.29, 0.717) is 0 Å². The van der Waals surface area contributed by atoms with E-state index in [2.05, 4.69) is 30.0 Å². The molecule has 1 fully saturated rings. The molecule has 3 heteroatoms. The first-order chi connectivity index (χ1) is 9.08. The maximum absolute atomic E-state index is 11.6. The molecule has 1 heterocycles. The Kier molecular flexibility index (Phi) is 4.25. The molecule has 3 nitrogen and oxygen atoms in total. The molecule has 1 unspecified atom stereocenters. The highest BCUT2D eigenvalue weighted by Crippen LogP contribution is 2.30. The molecular weight excluding hydrogens is 238 g/mol. The van der Waals surface area contributed by atoms with Crippen LogP contribution in [0.5, 0.6) is 0 Å². The minimum atomic E-state index is -0.709. The Morgan fingerprint density at radius 1 is 1.32 bits per heavy atom. The summed E-state index contributed by atoms with van der Waals surface area (Å²) in [4.78, 5) is 13.7. The normalized spacial score (nSPS) is 24.3. The summed E-state index contributed by atoms with van der Waals surface area (Å²) in [6.07, 6.45) is 3.84. The topological polar surface area (TPSA) is 40.5 Å². The molecule has 0 radical (unpaired) electrons.